The van der Waals surface area contributed by atoms with Crippen LogP contribution in [0.3, 0.4) is 0 Å². The van der Waals surface area contributed by atoms with Gasteiger partial charge in [-0.3, -0.25) is 0 Å². The van der Waals surface area contributed by atoms with Crippen molar-refractivity contribution in [2.75, 3.05) is 0 Å². The van der Waals surface area contributed by atoms with Gasteiger partial charge in [-0.25, -0.2) is 8.42 Å². The third-order valence-corrected chi connectivity index (χ3v) is 7.82. The predicted octanol–water partition coefficient (Wildman–Crippen LogP) is 2.47. The van der Waals surface area contributed by atoms with Crippen molar-refractivity contribution >= 4 is 25.8 Å². The van der Waals surface area contributed by atoms with Gasteiger partial charge in [-0.05, 0) is 31.6 Å². The van der Waals surface area contributed by atoms with E-state index in [9.17, 15) is 8.42 Å². The molecule has 2 fully saturated rings. The quantitative estimate of drug-likeness (QED) is 0.632. The molecule has 13 heavy (non-hydrogen) atoms. The van der Waals surface area contributed by atoms with E-state index in [-0.39, 0.29) is 9.41 Å². The van der Waals surface area contributed by atoms with E-state index >= 15 is 0 Å². The molecule has 1 aliphatic heterocycles. The van der Waals surface area contributed by atoms with E-state index < -0.39 is 9.84 Å². The van der Waals surface area contributed by atoms with Crippen LogP contribution in [0.4, 0.5) is 0 Å². The van der Waals surface area contributed by atoms with E-state index in [1.165, 1.54) is 6.42 Å². The summed E-state index contributed by atoms with van der Waals surface area (Å²) in [5, 5.41) is -0.0284. The van der Waals surface area contributed by atoms with Crippen molar-refractivity contribution in [3.05, 3.63) is 0 Å². The number of halogens is 1. The first-order chi connectivity index (χ1) is 6.12. The number of hydrogen-bond donors (Lipinski definition) is 0. The Bertz CT molecular complexity index is 286. The zero-order valence-corrected chi connectivity index (χ0v) is 9.98. The molecule has 1 saturated carbocycles. The Labute approximate surface area is 88.1 Å². The van der Waals surface area contributed by atoms with Crippen LogP contribution >= 0.6 is 15.9 Å². The van der Waals surface area contributed by atoms with Crippen LogP contribution < -0.4 is 0 Å². The molecule has 2 nitrogen and oxygen atoms in total. The molecule has 4 heteroatoms. The molecule has 0 N–H and O–H groups in total. The van der Waals surface area contributed by atoms with Crippen LogP contribution in [-0.4, -0.2) is 17.8 Å². The first-order valence-electron chi connectivity index (χ1n) is 4.99. The second-order valence-corrected chi connectivity index (χ2v) is 8.22. The normalized spacial score (nSPS) is 43.9. The van der Waals surface area contributed by atoms with Gasteiger partial charge in [0.15, 0.2) is 9.84 Å². The number of fused-ring (bicyclic) bond motifs is 1. The van der Waals surface area contributed by atoms with Crippen molar-refractivity contribution in [1.82, 2.24) is 0 Å². The van der Waals surface area contributed by atoms with Gasteiger partial charge in [0.25, 0.3) is 0 Å². The molecule has 0 bridgehead atoms. The number of rotatable bonds is 0. The Morgan fingerprint density at radius 2 is 1.69 bits per heavy atom. The van der Waals surface area contributed by atoms with Crippen molar-refractivity contribution < 1.29 is 8.42 Å². The average Bonchev–Trinajstić information content (AvgIpc) is 2.13. The predicted molar refractivity (Wildman–Crippen MR) is 56.6 cm³/mol. The van der Waals surface area contributed by atoms with E-state index in [4.69, 9.17) is 0 Å². The third-order valence-electron chi connectivity index (χ3n) is 3.38. The van der Waals surface area contributed by atoms with Crippen LogP contribution in [0.5, 0.6) is 0 Å². The summed E-state index contributed by atoms with van der Waals surface area (Å²) in [5.41, 5.74) is 0. The molecule has 0 spiro atoms. The second kappa shape index (κ2) is 3.54. The van der Waals surface area contributed by atoms with Gasteiger partial charge in [0.2, 0.25) is 0 Å². The van der Waals surface area contributed by atoms with Crippen molar-refractivity contribution in [3.63, 3.8) is 0 Å². The van der Waals surface area contributed by atoms with Gasteiger partial charge in [0, 0.05) is 0 Å². The zero-order chi connectivity index (χ0) is 9.47. The minimum absolute atomic E-state index is 0.0284. The molecule has 1 saturated heterocycles. The van der Waals surface area contributed by atoms with Gasteiger partial charge >= 0.3 is 0 Å². The van der Waals surface area contributed by atoms with Crippen LogP contribution in [0.15, 0.2) is 0 Å². The fourth-order valence-electron chi connectivity index (χ4n) is 2.64. The van der Waals surface area contributed by atoms with Crippen molar-refractivity contribution in [2.24, 2.45) is 5.92 Å². The van der Waals surface area contributed by atoms with E-state index in [0.29, 0.717) is 5.92 Å². The maximum Gasteiger partial charge on any atom is 0.166 e. The maximum absolute atomic E-state index is 11.9. The van der Waals surface area contributed by atoms with E-state index in [1.54, 1.807) is 0 Å². The van der Waals surface area contributed by atoms with Crippen LogP contribution in [0, 0.1) is 5.92 Å². The summed E-state index contributed by atoms with van der Waals surface area (Å²) in [4.78, 5) is 0. The Morgan fingerprint density at radius 1 is 1.00 bits per heavy atom. The highest BCUT2D eigenvalue weighted by molar-refractivity contribution is 9.11. The molecule has 0 aromatic heterocycles. The lowest BCUT2D eigenvalue weighted by atomic mass is 9.85. The number of alkyl halides is 1. The van der Waals surface area contributed by atoms with Crippen molar-refractivity contribution in [2.45, 2.75) is 47.9 Å². The standard InChI is InChI=1S/C9H15BrO2S/c10-9-6-5-7-3-1-2-4-8(7)13(9,11)12/h7-9H,1-6H2/t7-,8-,9+/m1/s1. The van der Waals surface area contributed by atoms with Crippen LogP contribution in [0.2, 0.25) is 0 Å². The SMILES string of the molecule is O=S1(=O)[C@H](Br)CC[C@H]2CCCC[C@H]21. The summed E-state index contributed by atoms with van der Waals surface area (Å²) in [7, 11) is -2.85. The molecular formula is C9H15BrO2S. The average molecular weight is 267 g/mol. The Hall–Kier alpha value is 0.430. The van der Waals surface area contributed by atoms with Gasteiger partial charge in [0.05, 0.1) is 5.25 Å². The summed E-state index contributed by atoms with van der Waals surface area (Å²) in [6.45, 7) is 0. The summed E-state index contributed by atoms with van der Waals surface area (Å²) in [5.74, 6) is 0.465. The Morgan fingerprint density at radius 3 is 2.46 bits per heavy atom. The van der Waals surface area contributed by atoms with Gasteiger partial charge in [-0.2, -0.15) is 0 Å². The van der Waals surface area contributed by atoms with Gasteiger partial charge in [-0.15, -0.1) is 0 Å². The topological polar surface area (TPSA) is 34.1 Å². The fourth-order valence-corrected chi connectivity index (χ4v) is 5.88. The third kappa shape index (κ3) is 1.67. The molecule has 0 aromatic rings. The molecule has 0 amide bonds. The maximum atomic E-state index is 11.9. The molecular weight excluding hydrogens is 252 g/mol. The van der Waals surface area contributed by atoms with E-state index in [0.717, 1.165) is 32.1 Å². The number of hydrogen-bond acceptors (Lipinski definition) is 2. The molecule has 0 unspecified atom stereocenters. The smallest absolute Gasteiger partial charge is 0.166 e. The lowest BCUT2D eigenvalue weighted by Crippen LogP contribution is -2.41. The van der Waals surface area contributed by atoms with E-state index in [1.807, 2.05) is 0 Å². The largest absolute Gasteiger partial charge is 0.227 e. The zero-order valence-electron chi connectivity index (χ0n) is 7.58. The Balaban J connectivity index is 2.25. The molecule has 0 radical (unpaired) electrons. The summed E-state index contributed by atoms with van der Waals surface area (Å²) < 4.78 is 23.5. The van der Waals surface area contributed by atoms with Crippen molar-refractivity contribution in [1.29, 1.82) is 0 Å². The van der Waals surface area contributed by atoms with Gasteiger partial charge < -0.3 is 0 Å². The first-order valence-corrected chi connectivity index (χ1v) is 7.51. The molecule has 1 heterocycles. The molecule has 2 aliphatic rings. The molecule has 0 aromatic carbocycles. The highest BCUT2D eigenvalue weighted by Crippen LogP contribution is 2.41. The monoisotopic (exact) mass is 266 g/mol. The molecule has 2 rings (SSSR count). The molecule has 3 atom stereocenters. The van der Waals surface area contributed by atoms with Crippen molar-refractivity contribution in [3.8, 4) is 0 Å². The Kier molecular flexibility index (Phi) is 2.71. The first kappa shape index (κ1) is 9.97. The molecule has 76 valence electrons. The van der Waals surface area contributed by atoms with Crippen LogP contribution in [-0.2, 0) is 9.84 Å². The highest BCUT2D eigenvalue weighted by Gasteiger charge is 2.43. The highest BCUT2D eigenvalue weighted by atomic mass is 79.9. The fraction of sp³-hybridized carbons (Fsp3) is 1.00. The second-order valence-electron chi connectivity index (χ2n) is 4.16. The molecule has 1 aliphatic carbocycles. The van der Waals surface area contributed by atoms with Crippen LogP contribution in [0.25, 0.3) is 0 Å². The van der Waals surface area contributed by atoms with E-state index in [2.05, 4.69) is 15.9 Å². The lowest BCUT2D eigenvalue weighted by Gasteiger charge is -2.37. The van der Waals surface area contributed by atoms with Gasteiger partial charge in [0.1, 0.15) is 4.16 Å². The lowest BCUT2D eigenvalue weighted by molar-refractivity contribution is 0.320. The summed E-state index contributed by atoms with van der Waals surface area (Å²) in [6, 6.07) is 0. The summed E-state index contributed by atoms with van der Waals surface area (Å²) >= 11 is 3.28. The van der Waals surface area contributed by atoms with Crippen LogP contribution in [0.1, 0.15) is 38.5 Å². The summed E-state index contributed by atoms with van der Waals surface area (Å²) in [6.07, 6.45) is 6.26. The van der Waals surface area contributed by atoms with Gasteiger partial charge in [-0.1, -0.05) is 28.8 Å². The minimum atomic E-state index is -2.85. The number of sulfone groups is 1. The minimum Gasteiger partial charge on any atom is -0.227 e.